The van der Waals surface area contributed by atoms with E-state index in [1.165, 1.54) is 19.3 Å². The molecule has 9 heavy (non-hydrogen) atoms. The van der Waals surface area contributed by atoms with Gasteiger partial charge >= 0.3 is 0 Å². The standard InChI is InChI=1S/C7H16NO/c1-2-3-4-5-6-7(8)9/h9H,2-6,8H2,1H3. The van der Waals surface area contributed by atoms with Gasteiger partial charge in [0.25, 0.3) is 0 Å². The van der Waals surface area contributed by atoms with Crippen molar-refractivity contribution in [3.63, 3.8) is 0 Å². The van der Waals surface area contributed by atoms with Crippen molar-refractivity contribution in [1.82, 2.24) is 0 Å². The number of aliphatic hydroxyl groups excluding tert-OH is 1. The summed E-state index contributed by atoms with van der Waals surface area (Å²) in [6, 6.07) is 0. The largest absolute Gasteiger partial charge is 0.372 e. The molecule has 0 atom stereocenters. The molecule has 0 fully saturated rings. The zero-order valence-electron chi connectivity index (χ0n) is 6.06. The van der Waals surface area contributed by atoms with Crippen LogP contribution in [0.15, 0.2) is 0 Å². The summed E-state index contributed by atoms with van der Waals surface area (Å²) < 4.78 is 0. The van der Waals surface area contributed by atoms with E-state index >= 15 is 0 Å². The molecule has 0 heterocycles. The second-order valence-corrected chi connectivity index (χ2v) is 2.30. The minimum absolute atomic E-state index is 0.0751. The molecule has 0 aliphatic rings. The highest BCUT2D eigenvalue weighted by atomic mass is 16.3. The Hall–Kier alpha value is -0.0800. The predicted octanol–water partition coefficient (Wildman–Crippen LogP) is 1.78. The number of aliphatic hydroxyl groups is 1. The van der Waals surface area contributed by atoms with E-state index < -0.39 is 0 Å². The molecular formula is C7H16NO. The first-order valence-corrected chi connectivity index (χ1v) is 3.57. The lowest BCUT2D eigenvalue weighted by molar-refractivity contribution is 0.280. The Bertz CT molecular complexity index is 54.9. The Kier molecular flexibility index (Phi) is 5.99. The average molecular weight is 130 g/mol. The molecule has 0 aromatic rings. The van der Waals surface area contributed by atoms with Crippen molar-refractivity contribution in [2.24, 2.45) is 5.73 Å². The van der Waals surface area contributed by atoms with E-state index in [0.717, 1.165) is 6.42 Å². The normalized spacial score (nSPS) is 10.7. The molecular weight excluding hydrogens is 114 g/mol. The lowest BCUT2D eigenvalue weighted by Crippen LogP contribution is -2.07. The van der Waals surface area contributed by atoms with E-state index in [-0.39, 0.29) is 6.23 Å². The van der Waals surface area contributed by atoms with E-state index in [9.17, 15) is 0 Å². The fourth-order valence-corrected chi connectivity index (χ4v) is 0.733. The predicted molar refractivity (Wildman–Crippen MR) is 38.1 cm³/mol. The third kappa shape index (κ3) is 7.92. The lowest BCUT2D eigenvalue weighted by atomic mass is 10.1. The van der Waals surface area contributed by atoms with Crippen molar-refractivity contribution in [3.05, 3.63) is 6.23 Å². The van der Waals surface area contributed by atoms with E-state index in [0.29, 0.717) is 6.42 Å². The molecule has 0 saturated heterocycles. The Morgan fingerprint density at radius 1 is 1.33 bits per heavy atom. The molecule has 0 bridgehead atoms. The van der Waals surface area contributed by atoms with Crippen LogP contribution in [-0.2, 0) is 0 Å². The number of rotatable bonds is 5. The summed E-state index contributed by atoms with van der Waals surface area (Å²) in [5, 5.41) is 8.55. The van der Waals surface area contributed by atoms with Crippen molar-refractivity contribution >= 4 is 0 Å². The van der Waals surface area contributed by atoms with Gasteiger partial charge in [0.2, 0.25) is 0 Å². The van der Waals surface area contributed by atoms with E-state index in [4.69, 9.17) is 10.8 Å². The topological polar surface area (TPSA) is 46.2 Å². The minimum atomic E-state index is 0.0751. The number of hydrogen-bond acceptors (Lipinski definition) is 2. The van der Waals surface area contributed by atoms with Gasteiger partial charge in [0.05, 0.1) is 0 Å². The number of nitrogens with two attached hydrogens (primary N) is 1. The molecule has 0 spiro atoms. The van der Waals surface area contributed by atoms with Gasteiger partial charge in [-0.2, -0.15) is 0 Å². The smallest absolute Gasteiger partial charge is 0.155 e. The SMILES string of the molecule is CCCCCC[C](N)O. The van der Waals surface area contributed by atoms with Crippen LogP contribution in [-0.4, -0.2) is 5.11 Å². The molecule has 0 aliphatic heterocycles. The fourth-order valence-electron chi connectivity index (χ4n) is 0.733. The molecule has 0 aromatic carbocycles. The third-order valence-electron chi connectivity index (χ3n) is 1.29. The summed E-state index contributed by atoms with van der Waals surface area (Å²) in [5.74, 6) is 0. The van der Waals surface area contributed by atoms with Gasteiger partial charge in [-0.05, 0) is 12.8 Å². The average Bonchev–Trinajstić information content (AvgIpc) is 1.80. The summed E-state index contributed by atoms with van der Waals surface area (Å²) in [6.45, 7) is 2.16. The molecule has 0 saturated carbocycles. The van der Waals surface area contributed by atoms with Crippen LogP contribution in [0.4, 0.5) is 0 Å². The Morgan fingerprint density at radius 3 is 2.44 bits per heavy atom. The van der Waals surface area contributed by atoms with Crippen molar-refractivity contribution < 1.29 is 5.11 Å². The quantitative estimate of drug-likeness (QED) is 0.557. The highest BCUT2D eigenvalue weighted by molar-refractivity contribution is 4.63. The van der Waals surface area contributed by atoms with Crippen molar-refractivity contribution in [3.8, 4) is 0 Å². The molecule has 2 nitrogen and oxygen atoms in total. The maximum Gasteiger partial charge on any atom is 0.155 e. The Balaban J connectivity index is 2.75. The fraction of sp³-hybridized carbons (Fsp3) is 0.857. The molecule has 0 amide bonds. The van der Waals surface area contributed by atoms with Crippen LogP contribution in [0.5, 0.6) is 0 Å². The number of unbranched alkanes of at least 4 members (excludes halogenated alkanes) is 3. The zero-order valence-corrected chi connectivity index (χ0v) is 6.06. The summed E-state index contributed by atoms with van der Waals surface area (Å²) in [4.78, 5) is 0. The molecule has 0 rings (SSSR count). The van der Waals surface area contributed by atoms with Crippen LogP contribution >= 0.6 is 0 Å². The van der Waals surface area contributed by atoms with Gasteiger partial charge in [-0.25, -0.2) is 0 Å². The maximum atomic E-state index is 8.55. The molecule has 1 radical (unpaired) electrons. The second kappa shape index (κ2) is 6.05. The van der Waals surface area contributed by atoms with Gasteiger partial charge in [0, 0.05) is 0 Å². The monoisotopic (exact) mass is 130 g/mol. The van der Waals surface area contributed by atoms with Crippen molar-refractivity contribution in [2.75, 3.05) is 0 Å². The summed E-state index contributed by atoms with van der Waals surface area (Å²) in [7, 11) is 0. The van der Waals surface area contributed by atoms with Crippen LogP contribution in [0.25, 0.3) is 0 Å². The second-order valence-electron chi connectivity index (χ2n) is 2.30. The van der Waals surface area contributed by atoms with Gasteiger partial charge in [-0.1, -0.05) is 26.2 Å². The molecule has 3 N–H and O–H groups in total. The van der Waals surface area contributed by atoms with Gasteiger partial charge in [-0.15, -0.1) is 0 Å². The van der Waals surface area contributed by atoms with E-state index in [2.05, 4.69) is 6.92 Å². The first kappa shape index (κ1) is 8.92. The molecule has 0 aliphatic carbocycles. The van der Waals surface area contributed by atoms with Crippen molar-refractivity contribution in [2.45, 2.75) is 39.0 Å². The molecule has 2 heteroatoms. The van der Waals surface area contributed by atoms with Crippen LogP contribution in [0.2, 0.25) is 0 Å². The van der Waals surface area contributed by atoms with E-state index in [1.54, 1.807) is 0 Å². The lowest BCUT2D eigenvalue weighted by Gasteiger charge is -2.00. The van der Waals surface area contributed by atoms with Crippen LogP contribution in [0, 0.1) is 6.23 Å². The summed E-state index contributed by atoms with van der Waals surface area (Å²) in [5.41, 5.74) is 5.05. The summed E-state index contributed by atoms with van der Waals surface area (Å²) in [6.07, 6.45) is 5.41. The molecule has 55 valence electrons. The maximum absolute atomic E-state index is 8.55. The summed E-state index contributed by atoms with van der Waals surface area (Å²) >= 11 is 0. The van der Waals surface area contributed by atoms with Gasteiger partial charge < -0.3 is 10.8 Å². The van der Waals surface area contributed by atoms with Gasteiger partial charge in [-0.3, -0.25) is 0 Å². The Morgan fingerprint density at radius 2 is 2.00 bits per heavy atom. The highest BCUT2D eigenvalue weighted by Crippen LogP contribution is 2.05. The molecule has 0 aromatic heterocycles. The van der Waals surface area contributed by atoms with Crippen molar-refractivity contribution in [1.29, 1.82) is 0 Å². The van der Waals surface area contributed by atoms with Crippen LogP contribution in [0.3, 0.4) is 0 Å². The zero-order chi connectivity index (χ0) is 7.11. The first-order chi connectivity index (χ1) is 4.27. The highest BCUT2D eigenvalue weighted by Gasteiger charge is 1.95. The molecule has 0 unspecified atom stereocenters. The van der Waals surface area contributed by atoms with Crippen LogP contribution in [0.1, 0.15) is 39.0 Å². The van der Waals surface area contributed by atoms with Gasteiger partial charge in [0.15, 0.2) is 6.23 Å². The first-order valence-electron chi connectivity index (χ1n) is 3.57. The number of hydrogen-bond donors (Lipinski definition) is 2. The minimum Gasteiger partial charge on any atom is -0.372 e. The van der Waals surface area contributed by atoms with Crippen LogP contribution < -0.4 is 5.73 Å². The van der Waals surface area contributed by atoms with E-state index in [1.807, 2.05) is 0 Å². The third-order valence-corrected chi connectivity index (χ3v) is 1.29. The Labute approximate surface area is 57.1 Å². The van der Waals surface area contributed by atoms with Gasteiger partial charge in [0.1, 0.15) is 0 Å².